The molecule has 18 nitrogen and oxygen atoms in total. The third-order valence-corrected chi connectivity index (χ3v) is 11.9. The van der Waals surface area contributed by atoms with E-state index in [9.17, 15) is 28.8 Å². The highest BCUT2D eigenvalue weighted by molar-refractivity contribution is 5.97. The van der Waals surface area contributed by atoms with Gasteiger partial charge in [0.1, 0.15) is 49.2 Å². The van der Waals surface area contributed by atoms with Gasteiger partial charge in [-0.25, -0.2) is 9.78 Å². The molecule has 0 aliphatic carbocycles. The second kappa shape index (κ2) is 27.2. The summed E-state index contributed by atoms with van der Waals surface area (Å²) in [5.74, 6) is -2.78. The number of fused-ring (bicyclic) bond motifs is 1. The van der Waals surface area contributed by atoms with Gasteiger partial charge in [0.15, 0.2) is 0 Å². The SMILES string of the molecule is CCNC(=O)[C@@H](C)NC(=O)[C@H](Cc1c[nH]c2ccccc12)NC(=O)[C@H](COCc1ccccc1)NC(=O)[C@H](Cc1ccc(OCc2ccccc2)cc1)NC(=O)[C@H](Cc1cnc[nH]1)NC(=O)OCc1ccccc1. The minimum atomic E-state index is -1.43. The van der Waals surface area contributed by atoms with Crippen molar-refractivity contribution >= 4 is 46.5 Å². The minimum Gasteiger partial charge on any atom is -0.489 e. The van der Waals surface area contributed by atoms with Gasteiger partial charge in [0.2, 0.25) is 29.5 Å². The number of likely N-dealkylation sites (N-methyl/N-ethyl adjacent to an activating group) is 1. The number of benzene rings is 5. The normalized spacial score (nSPS) is 13.0. The van der Waals surface area contributed by atoms with E-state index in [0.717, 1.165) is 27.6 Å². The van der Waals surface area contributed by atoms with Crippen molar-refractivity contribution < 1.29 is 43.0 Å². The Morgan fingerprint density at radius 3 is 1.73 bits per heavy atom. The lowest BCUT2D eigenvalue weighted by molar-refractivity contribution is -0.135. The molecule has 8 N–H and O–H groups in total. The zero-order valence-electron chi connectivity index (χ0n) is 41.2. The number of carbonyl (C=O) groups excluding carboxylic acids is 6. The zero-order chi connectivity index (χ0) is 52.1. The molecule has 0 aliphatic rings. The van der Waals surface area contributed by atoms with Crippen LogP contribution in [-0.4, -0.2) is 93.9 Å². The smallest absolute Gasteiger partial charge is 0.408 e. The summed E-state index contributed by atoms with van der Waals surface area (Å²) < 4.78 is 17.6. The first-order valence-corrected chi connectivity index (χ1v) is 24.4. The van der Waals surface area contributed by atoms with Crippen molar-refractivity contribution in [3.05, 3.63) is 192 Å². The first-order valence-electron chi connectivity index (χ1n) is 24.4. The van der Waals surface area contributed by atoms with E-state index >= 15 is 0 Å². The molecule has 0 bridgehead atoms. The molecule has 6 amide bonds. The molecule has 74 heavy (non-hydrogen) atoms. The number of carbonyl (C=O) groups is 6. The number of rotatable bonds is 26. The number of hydrogen-bond donors (Lipinski definition) is 8. The van der Waals surface area contributed by atoms with E-state index in [-0.39, 0.29) is 39.1 Å². The van der Waals surface area contributed by atoms with Crippen molar-refractivity contribution in [1.82, 2.24) is 46.9 Å². The van der Waals surface area contributed by atoms with Gasteiger partial charge in [0, 0.05) is 54.8 Å². The quantitative estimate of drug-likeness (QED) is 0.0357. The van der Waals surface area contributed by atoms with Crippen LogP contribution in [0.3, 0.4) is 0 Å². The lowest BCUT2D eigenvalue weighted by Gasteiger charge is -2.27. The van der Waals surface area contributed by atoms with Crippen LogP contribution in [0.4, 0.5) is 4.79 Å². The van der Waals surface area contributed by atoms with Crippen molar-refractivity contribution in [2.24, 2.45) is 0 Å². The van der Waals surface area contributed by atoms with E-state index in [1.165, 1.54) is 19.4 Å². The number of H-pyrrole nitrogens is 2. The molecule has 7 rings (SSSR count). The van der Waals surface area contributed by atoms with Crippen molar-refractivity contribution in [2.75, 3.05) is 13.2 Å². The topological polar surface area (TPSA) is 247 Å². The fourth-order valence-corrected chi connectivity index (χ4v) is 7.95. The molecule has 7 aromatic rings. The van der Waals surface area contributed by atoms with Gasteiger partial charge in [-0.05, 0) is 59.9 Å². The number of aromatic nitrogens is 3. The first-order chi connectivity index (χ1) is 36.0. The molecule has 0 aliphatic heterocycles. The van der Waals surface area contributed by atoms with Crippen molar-refractivity contribution in [3.8, 4) is 5.75 Å². The predicted octanol–water partition coefficient (Wildman–Crippen LogP) is 5.10. The van der Waals surface area contributed by atoms with Crippen LogP contribution in [0.25, 0.3) is 10.9 Å². The van der Waals surface area contributed by atoms with Crippen LogP contribution < -0.4 is 36.6 Å². The summed E-state index contributed by atoms with van der Waals surface area (Å²) in [7, 11) is 0. The molecule has 0 fully saturated rings. The first kappa shape index (κ1) is 53.0. The van der Waals surface area contributed by atoms with Crippen LogP contribution in [-0.2, 0) is 72.5 Å². The Labute approximate surface area is 428 Å². The molecular weight excluding hydrogens is 943 g/mol. The van der Waals surface area contributed by atoms with Gasteiger partial charge in [-0.2, -0.15) is 0 Å². The molecule has 2 heterocycles. The lowest BCUT2D eigenvalue weighted by Crippen LogP contribution is -2.60. The van der Waals surface area contributed by atoms with Crippen LogP contribution in [0.15, 0.2) is 158 Å². The summed E-state index contributed by atoms with van der Waals surface area (Å²) in [6.07, 6.45) is 3.70. The zero-order valence-corrected chi connectivity index (χ0v) is 41.2. The van der Waals surface area contributed by atoms with Crippen molar-refractivity contribution in [2.45, 2.75) is 83.1 Å². The number of nitrogens with zero attached hydrogens (tertiary/aromatic N) is 1. The van der Waals surface area contributed by atoms with Crippen LogP contribution in [0.2, 0.25) is 0 Å². The van der Waals surface area contributed by atoms with Crippen molar-refractivity contribution in [1.29, 1.82) is 0 Å². The number of imidazole rings is 1. The van der Waals surface area contributed by atoms with E-state index in [0.29, 0.717) is 35.7 Å². The number of alkyl carbamates (subject to hydrolysis) is 1. The average Bonchev–Trinajstić information content (AvgIpc) is 4.10. The van der Waals surface area contributed by atoms with Gasteiger partial charge in [-0.3, -0.25) is 24.0 Å². The Balaban J connectivity index is 1.15. The summed E-state index contributed by atoms with van der Waals surface area (Å²) in [5.41, 5.74) is 5.17. The van der Waals surface area contributed by atoms with Gasteiger partial charge in [-0.1, -0.05) is 121 Å². The van der Waals surface area contributed by atoms with E-state index in [1.807, 2.05) is 103 Å². The predicted molar refractivity (Wildman–Crippen MR) is 277 cm³/mol. The lowest BCUT2D eigenvalue weighted by atomic mass is 10.0. The van der Waals surface area contributed by atoms with Gasteiger partial charge < -0.3 is 56.1 Å². The maximum atomic E-state index is 14.8. The molecule has 0 unspecified atom stereocenters. The third-order valence-electron chi connectivity index (χ3n) is 11.9. The summed E-state index contributed by atoms with van der Waals surface area (Å²) in [6.45, 7) is 3.63. The molecule has 0 saturated heterocycles. The molecular formula is C56H61N9O9. The second-order valence-electron chi connectivity index (χ2n) is 17.5. The second-order valence-corrected chi connectivity index (χ2v) is 17.5. The highest BCUT2D eigenvalue weighted by Gasteiger charge is 2.33. The molecule has 5 atom stereocenters. The molecule has 0 radical (unpaired) electrons. The van der Waals surface area contributed by atoms with E-state index in [2.05, 4.69) is 46.9 Å². The maximum Gasteiger partial charge on any atom is 0.408 e. The highest BCUT2D eigenvalue weighted by atomic mass is 16.5. The largest absolute Gasteiger partial charge is 0.489 e. The molecule has 0 spiro atoms. The van der Waals surface area contributed by atoms with Crippen LogP contribution in [0, 0.1) is 0 Å². The monoisotopic (exact) mass is 1000 g/mol. The highest BCUT2D eigenvalue weighted by Crippen LogP contribution is 2.20. The number of hydrogen-bond acceptors (Lipinski definition) is 10. The summed E-state index contributed by atoms with van der Waals surface area (Å²) in [6, 6.07) is 36.2. The van der Waals surface area contributed by atoms with Gasteiger partial charge in [0.05, 0.1) is 19.5 Å². The van der Waals surface area contributed by atoms with Crippen LogP contribution >= 0.6 is 0 Å². The summed E-state index contributed by atoms with van der Waals surface area (Å²) in [5, 5.41) is 17.3. The number of nitrogens with one attached hydrogen (secondary N) is 8. The van der Waals surface area contributed by atoms with E-state index in [1.54, 1.807) is 49.5 Å². The number of amides is 6. The van der Waals surface area contributed by atoms with Gasteiger partial charge >= 0.3 is 6.09 Å². The maximum absolute atomic E-state index is 14.8. The molecule has 18 heteroatoms. The Morgan fingerprint density at radius 1 is 0.541 bits per heavy atom. The third kappa shape index (κ3) is 16.1. The average molecular weight is 1000 g/mol. The fourth-order valence-electron chi connectivity index (χ4n) is 7.95. The number of aromatic amines is 2. The fraction of sp³-hybridized carbons (Fsp3) is 0.268. The van der Waals surface area contributed by atoms with Crippen LogP contribution in [0.1, 0.15) is 47.4 Å². The Hall–Kier alpha value is -8.77. The standard InChI is InChI=1S/C56H61N9O9/c1-3-58-51(66)37(2)61-52(67)48(28-42-30-59-46-22-14-13-21-45(42)46)63-55(70)50(35-72-32-39-15-7-4-8-16-39)64-53(68)47(27-38-23-25-44(26-24-38)73-33-40-17-9-5-10-18-40)62-54(69)49(29-43-31-57-36-60-43)65-56(71)74-34-41-19-11-6-12-20-41/h4-26,30-31,36-37,47-50,59H,3,27-29,32-35H2,1-2H3,(H,57,60)(H,58,66)(H,61,67)(H,62,69)(H,63,70)(H,64,68)(H,65,71)/t37-,47+,48+,49+,50+/m1/s1. The van der Waals surface area contributed by atoms with Crippen molar-refractivity contribution in [3.63, 3.8) is 0 Å². The van der Waals surface area contributed by atoms with Crippen LogP contribution in [0.5, 0.6) is 5.75 Å². The molecule has 2 aromatic heterocycles. The number of ether oxygens (including phenoxy) is 3. The van der Waals surface area contributed by atoms with Gasteiger partial charge in [0.25, 0.3) is 0 Å². The van der Waals surface area contributed by atoms with E-state index < -0.39 is 65.8 Å². The molecule has 384 valence electrons. The summed E-state index contributed by atoms with van der Waals surface area (Å²) >= 11 is 0. The van der Waals surface area contributed by atoms with E-state index in [4.69, 9.17) is 14.2 Å². The Morgan fingerprint density at radius 2 is 1.09 bits per heavy atom. The molecule has 5 aromatic carbocycles. The number of para-hydroxylation sites is 1. The summed E-state index contributed by atoms with van der Waals surface area (Å²) in [4.78, 5) is 94.3. The minimum absolute atomic E-state index is 0.0114. The Bertz CT molecular complexity index is 2900. The van der Waals surface area contributed by atoms with Gasteiger partial charge in [-0.15, -0.1) is 0 Å². The molecule has 0 saturated carbocycles. The Kier molecular flexibility index (Phi) is 19.5.